The lowest BCUT2D eigenvalue weighted by atomic mass is 9.95. The van der Waals surface area contributed by atoms with Crippen molar-refractivity contribution in [3.63, 3.8) is 0 Å². The van der Waals surface area contributed by atoms with Gasteiger partial charge in [0.1, 0.15) is 11.9 Å². The number of piperazine rings is 1. The Hall–Kier alpha value is -2.69. The van der Waals surface area contributed by atoms with E-state index in [-0.39, 0.29) is 41.4 Å². The van der Waals surface area contributed by atoms with E-state index in [0.29, 0.717) is 18.5 Å². The summed E-state index contributed by atoms with van der Waals surface area (Å²) in [6, 6.07) is 15.5. The number of hydrogen-bond donors (Lipinski definition) is 1. The van der Waals surface area contributed by atoms with E-state index >= 15 is 0 Å². The van der Waals surface area contributed by atoms with Crippen molar-refractivity contribution < 1.29 is 14.0 Å². The Morgan fingerprint density at radius 3 is 2.55 bits per heavy atom. The topological polar surface area (TPSA) is 49.4 Å². The predicted molar refractivity (Wildman–Crippen MR) is 110 cm³/mol. The lowest BCUT2D eigenvalue weighted by Gasteiger charge is -2.40. The SMILES string of the molecule is CC(C)C[C@H]1C(=O)N[C@@H](c2cccc(F)c2)CN1C(=O)[C@@H]1C[C@H]1c1ccccc1. The third-order valence-corrected chi connectivity index (χ3v) is 5.94. The molecule has 1 heterocycles. The molecule has 0 radical (unpaired) electrons. The zero-order chi connectivity index (χ0) is 20.5. The van der Waals surface area contributed by atoms with E-state index in [1.807, 2.05) is 18.2 Å². The third kappa shape index (κ3) is 4.19. The van der Waals surface area contributed by atoms with Gasteiger partial charge in [0.05, 0.1) is 6.04 Å². The second-order valence-electron chi connectivity index (χ2n) is 8.61. The summed E-state index contributed by atoms with van der Waals surface area (Å²) in [5.41, 5.74) is 1.86. The Labute approximate surface area is 171 Å². The maximum absolute atomic E-state index is 13.7. The zero-order valence-corrected chi connectivity index (χ0v) is 16.8. The molecule has 4 atom stereocenters. The fourth-order valence-corrected chi connectivity index (χ4v) is 4.37. The number of amides is 2. The highest BCUT2D eigenvalue weighted by molar-refractivity contribution is 5.91. The minimum Gasteiger partial charge on any atom is -0.346 e. The second kappa shape index (κ2) is 7.97. The summed E-state index contributed by atoms with van der Waals surface area (Å²) in [4.78, 5) is 28.1. The quantitative estimate of drug-likeness (QED) is 0.832. The number of rotatable bonds is 5. The molecule has 29 heavy (non-hydrogen) atoms. The van der Waals surface area contributed by atoms with Gasteiger partial charge in [-0.25, -0.2) is 4.39 Å². The van der Waals surface area contributed by atoms with Crippen molar-refractivity contribution in [1.82, 2.24) is 10.2 Å². The van der Waals surface area contributed by atoms with Gasteiger partial charge in [-0.1, -0.05) is 56.3 Å². The summed E-state index contributed by atoms with van der Waals surface area (Å²) in [5.74, 6) is -0.0153. The number of hydrogen-bond acceptors (Lipinski definition) is 2. The first-order valence-electron chi connectivity index (χ1n) is 10.3. The molecule has 1 saturated heterocycles. The summed E-state index contributed by atoms with van der Waals surface area (Å²) in [6.07, 6.45) is 1.44. The van der Waals surface area contributed by atoms with Crippen LogP contribution in [0.25, 0.3) is 0 Å². The summed E-state index contributed by atoms with van der Waals surface area (Å²) < 4.78 is 13.7. The van der Waals surface area contributed by atoms with Crippen LogP contribution in [0, 0.1) is 17.7 Å². The largest absolute Gasteiger partial charge is 0.346 e. The van der Waals surface area contributed by atoms with Crippen molar-refractivity contribution in [3.8, 4) is 0 Å². The molecular formula is C24H27FN2O2. The number of nitrogens with zero attached hydrogens (tertiary/aromatic N) is 1. The first-order valence-corrected chi connectivity index (χ1v) is 10.3. The van der Waals surface area contributed by atoms with E-state index in [0.717, 1.165) is 6.42 Å². The van der Waals surface area contributed by atoms with E-state index in [1.165, 1.54) is 17.7 Å². The first-order chi connectivity index (χ1) is 13.9. The van der Waals surface area contributed by atoms with Crippen molar-refractivity contribution >= 4 is 11.8 Å². The maximum atomic E-state index is 13.7. The Morgan fingerprint density at radius 2 is 1.86 bits per heavy atom. The average molecular weight is 394 g/mol. The molecule has 0 spiro atoms. The predicted octanol–water partition coefficient (Wildman–Crippen LogP) is 4.04. The molecule has 4 nitrogen and oxygen atoms in total. The molecular weight excluding hydrogens is 367 g/mol. The van der Waals surface area contributed by atoms with Gasteiger partial charge in [0, 0.05) is 12.5 Å². The number of carbonyl (C=O) groups is 2. The van der Waals surface area contributed by atoms with Crippen LogP contribution in [-0.4, -0.2) is 29.3 Å². The Kier molecular flexibility index (Phi) is 5.39. The van der Waals surface area contributed by atoms with Crippen LogP contribution in [0.5, 0.6) is 0 Å². The van der Waals surface area contributed by atoms with E-state index in [1.54, 1.807) is 17.0 Å². The van der Waals surface area contributed by atoms with Gasteiger partial charge in [-0.05, 0) is 47.9 Å². The highest BCUT2D eigenvalue weighted by Gasteiger charge is 2.49. The van der Waals surface area contributed by atoms with Crippen molar-refractivity contribution in [1.29, 1.82) is 0 Å². The fraction of sp³-hybridized carbons (Fsp3) is 0.417. The van der Waals surface area contributed by atoms with Gasteiger partial charge >= 0.3 is 0 Å². The molecule has 2 fully saturated rings. The van der Waals surface area contributed by atoms with Crippen LogP contribution >= 0.6 is 0 Å². The second-order valence-corrected chi connectivity index (χ2v) is 8.61. The van der Waals surface area contributed by atoms with Crippen molar-refractivity contribution in [2.24, 2.45) is 11.8 Å². The molecule has 4 rings (SSSR count). The normalized spacial score (nSPS) is 26.3. The summed E-state index contributed by atoms with van der Waals surface area (Å²) in [6.45, 7) is 4.49. The van der Waals surface area contributed by atoms with Gasteiger partial charge in [-0.2, -0.15) is 0 Å². The highest BCUT2D eigenvalue weighted by Crippen LogP contribution is 2.49. The van der Waals surface area contributed by atoms with Crippen molar-refractivity contribution in [2.45, 2.75) is 44.7 Å². The number of nitrogens with one attached hydrogen (secondary N) is 1. The van der Waals surface area contributed by atoms with E-state index in [2.05, 4.69) is 31.3 Å². The summed E-state index contributed by atoms with van der Waals surface area (Å²) in [7, 11) is 0. The van der Waals surface area contributed by atoms with Gasteiger partial charge < -0.3 is 10.2 Å². The molecule has 2 amide bonds. The molecule has 1 aliphatic heterocycles. The Bertz CT molecular complexity index is 899. The maximum Gasteiger partial charge on any atom is 0.243 e. The van der Waals surface area contributed by atoms with Crippen LogP contribution in [0.1, 0.15) is 49.8 Å². The van der Waals surface area contributed by atoms with Crippen LogP contribution in [-0.2, 0) is 9.59 Å². The van der Waals surface area contributed by atoms with Gasteiger partial charge in [0.25, 0.3) is 0 Å². The first kappa shape index (κ1) is 19.6. The van der Waals surface area contributed by atoms with Crippen molar-refractivity contribution in [2.75, 3.05) is 6.54 Å². The number of carbonyl (C=O) groups excluding carboxylic acids is 2. The number of benzene rings is 2. The lowest BCUT2D eigenvalue weighted by Crippen LogP contribution is -2.59. The van der Waals surface area contributed by atoms with Gasteiger partial charge in [0.2, 0.25) is 11.8 Å². The van der Waals surface area contributed by atoms with Gasteiger partial charge in [0.15, 0.2) is 0 Å². The monoisotopic (exact) mass is 394 g/mol. The molecule has 0 unspecified atom stereocenters. The fourth-order valence-electron chi connectivity index (χ4n) is 4.37. The van der Waals surface area contributed by atoms with Crippen LogP contribution in [0.15, 0.2) is 54.6 Å². The molecule has 1 aliphatic carbocycles. The Balaban J connectivity index is 1.56. The van der Waals surface area contributed by atoms with Crippen LogP contribution in [0.3, 0.4) is 0 Å². The van der Waals surface area contributed by atoms with Crippen LogP contribution < -0.4 is 5.32 Å². The molecule has 152 valence electrons. The molecule has 2 aliphatic rings. The minimum absolute atomic E-state index is 0.0424. The van der Waals surface area contributed by atoms with E-state index in [9.17, 15) is 14.0 Å². The zero-order valence-electron chi connectivity index (χ0n) is 16.8. The Morgan fingerprint density at radius 1 is 1.14 bits per heavy atom. The standard InChI is InChI=1S/C24H27FN2O2/c1-15(2)11-22-23(28)26-21(17-9-6-10-18(25)12-17)14-27(22)24(29)20-13-19(20)16-7-4-3-5-8-16/h3-10,12,15,19-22H,11,13-14H2,1-2H3,(H,26,28)/t19-,20+,21+,22-/m0/s1. The molecule has 0 bridgehead atoms. The summed E-state index contributed by atoms with van der Waals surface area (Å²) in [5, 5.41) is 3.00. The van der Waals surface area contributed by atoms with Crippen molar-refractivity contribution in [3.05, 3.63) is 71.5 Å². The molecule has 1 saturated carbocycles. The van der Waals surface area contributed by atoms with Crippen LogP contribution in [0.4, 0.5) is 4.39 Å². The average Bonchev–Trinajstić information content (AvgIpc) is 3.50. The lowest BCUT2D eigenvalue weighted by molar-refractivity contribution is -0.146. The van der Waals surface area contributed by atoms with Gasteiger partial charge in [-0.3, -0.25) is 9.59 Å². The van der Waals surface area contributed by atoms with Crippen LogP contribution in [0.2, 0.25) is 0 Å². The third-order valence-electron chi connectivity index (χ3n) is 5.94. The molecule has 2 aromatic carbocycles. The van der Waals surface area contributed by atoms with E-state index in [4.69, 9.17) is 0 Å². The number of halogens is 1. The van der Waals surface area contributed by atoms with E-state index < -0.39 is 6.04 Å². The summed E-state index contributed by atoms with van der Waals surface area (Å²) >= 11 is 0. The van der Waals surface area contributed by atoms with Gasteiger partial charge in [-0.15, -0.1) is 0 Å². The molecule has 0 aromatic heterocycles. The highest BCUT2D eigenvalue weighted by atomic mass is 19.1. The molecule has 2 aromatic rings. The molecule has 5 heteroatoms. The smallest absolute Gasteiger partial charge is 0.243 e. The molecule has 1 N–H and O–H groups in total. The minimum atomic E-state index is -0.468.